The van der Waals surface area contributed by atoms with Gasteiger partial charge in [0.25, 0.3) is 0 Å². The molecule has 1 amide bonds. The minimum Gasteiger partial charge on any atom is -0.444 e. The van der Waals surface area contributed by atoms with Crippen LogP contribution in [0.25, 0.3) is 11.4 Å². The van der Waals surface area contributed by atoms with Gasteiger partial charge < -0.3 is 9.64 Å². The highest BCUT2D eigenvalue weighted by Gasteiger charge is 2.41. The molecule has 0 aromatic carbocycles. The fraction of sp³-hybridized carbons (Fsp3) is 0.571. The average Bonchev–Trinajstić information content (AvgIpc) is 2.88. The lowest BCUT2D eigenvalue weighted by Crippen LogP contribution is -2.54. The minimum atomic E-state index is -0.527. The smallest absolute Gasteiger partial charge is 0.410 e. The molecule has 0 spiro atoms. The lowest BCUT2D eigenvalue weighted by Gasteiger charge is -2.45. The van der Waals surface area contributed by atoms with Crippen LogP contribution < -0.4 is 0 Å². The molecule has 8 heteroatoms. The Bertz CT molecular complexity index is 920. The number of carbonyl (C=O) groups is 1. The summed E-state index contributed by atoms with van der Waals surface area (Å²) in [4.78, 5) is 18.6. The highest BCUT2D eigenvalue weighted by molar-refractivity contribution is 14.1. The van der Waals surface area contributed by atoms with E-state index in [9.17, 15) is 9.18 Å². The maximum absolute atomic E-state index is 14.3. The van der Waals surface area contributed by atoms with E-state index < -0.39 is 5.60 Å². The molecule has 1 aliphatic rings. The number of halogens is 2. The molecule has 0 aliphatic carbocycles. The van der Waals surface area contributed by atoms with Gasteiger partial charge in [0, 0.05) is 24.0 Å². The van der Waals surface area contributed by atoms with E-state index >= 15 is 0 Å². The van der Waals surface area contributed by atoms with Gasteiger partial charge >= 0.3 is 6.09 Å². The molecule has 2 aromatic heterocycles. The van der Waals surface area contributed by atoms with Gasteiger partial charge in [0.1, 0.15) is 17.0 Å². The van der Waals surface area contributed by atoms with Crippen LogP contribution in [0.4, 0.5) is 9.18 Å². The summed E-state index contributed by atoms with van der Waals surface area (Å²) in [5.41, 5.74) is 0.904. The lowest BCUT2D eigenvalue weighted by atomic mass is 9.87. The van der Waals surface area contributed by atoms with Gasteiger partial charge in [0.05, 0.1) is 9.61 Å². The van der Waals surface area contributed by atoms with Crippen LogP contribution >= 0.6 is 22.6 Å². The molecule has 1 aliphatic heterocycles. The molecule has 0 bridgehead atoms. The first-order chi connectivity index (χ1) is 13.4. The molecular weight excluding hydrogens is 486 g/mol. The Morgan fingerprint density at radius 1 is 1.34 bits per heavy atom. The predicted octanol–water partition coefficient (Wildman–Crippen LogP) is 5.35. The predicted molar refractivity (Wildman–Crippen MR) is 118 cm³/mol. The summed E-state index contributed by atoms with van der Waals surface area (Å²) < 4.78 is 22.7. The van der Waals surface area contributed by atoms with Crippen LogP contribution in [0.1, 0.15) is 59.2 Å². The van der Waals surface area contributed by atoms with Gasteiger partial charge in [-0.1, -0.05) is 0 Å². The van der Waals surface area contributed by atoms with E-state index in [4.69, 9.17) is 9.84 Å². The molecule has 0 saturated carbocycles. The first-order valence-electron chi connectivity index (χ1n) is 9.77. The van der Waals surface area contributed by atoms with Gasteiger partial charge in [-0.2, -0.15) is 5.10 Å². The first-order valence-corrected chi connectivity index (χ1v) is 10.8. The number of ether oxygens (including phenoxy) is 1. The van der Waals surface area contributed by atoms with Crippen LogP contribution in [-0.4, -0.2) is 43.4 Å². The number of aromatic nitrogens is 3. The number of rotatable bonds is 2. The Morgan fingerprint density at radius 2 is 2.03 bits per heavy atom. The normalized spacial score (nSPS) is 19.3. The number of likely N-dealkylation sites (tertiary alicyclic amines) is 1. The summed E-state index contributed by atoms with van der Waals surface area (Å²) in [7, 11) is 0. The second-order valence-electron chi connectivity index (χ2n) is 9.12. The molecule has 3 heterocycles. The molecule has 1 saturated heterocycles. The third-order valence-electron chi connectivity index (χ3n) is 5.17. The highest BCUT2D eigenvalue weighted by atomic mass is 127. The van der Waals surface area contributed by atoms with E-state index in [1.807, 2.05) is 46.2 Å². The zero-order chi connectivity index (χ0) is 21.6. The van der Waals surface area contributed by atoms with E-state index in [-0.39, 0.29) is 29.2 Å². The van der Waals surface area contributed by atoms with Crippen molar-refractivity contribution in [3.63, 3.8) is 0 Å². The zero-order valence-corrected chi connectivity index (χ0v) is 19.9. The van der Waals surface area contributed by atoms with E-state index in [0.29, 0.717) is 12.2 Å². The number of hydrogen-bond donors (Lipinski definition) is 0. The fourth-order valence-electron chi connectivity index (χ4n) is 3.80. The third kappa shape index (κ3) is 4.57. The fourth-order valence-corrected chi connectivity index (χ4v) is 4.41. The van der Waals surface area contributed by atoms with Gasteiger partial charge in [-0.05, 0) is 89.1 Å². The number of amides is 1. The number of hydrogen-bond acceptors (Lipinski definition) is 4. The number of pyridine rings is 1. The van der Waals surface area contributed by atoms with Crippen molar-refractivity contribution < 1.29 is 13.9 Å². The molecular formula is C21H28FIN4O2. The van der Waals surface area contributed by atoms with Gasteiger partial charge in [0.2, 0.25) is 0 Å². The summed E-state index contributed by atoms with van der Waals surface area (Å²) >= 11 is 2.21. The summed E-state index contributed by atoms with van der Waals surface area (Å²) in [6.07, 6.45) is 2.77. The summed E-state index contributed by atoms with van der Waals surface area (Å²) in [5.74, 6) is -0.379. The molecule has 1 unspecified atom stereocenters. The Hall–Kier alpha value is -1.71. The zero-order valence-electron chi connectivity index (χ0n) is 17.8. The molecule has 0 N–H and O–H groups in total. The lowest BCUT2D eigenvalue weighted by molar-refractivity contribution is -0.0144. The van der Waals surface area contributed by atoms with Crippen molar-refractivity contribution >= 4 is 28.7 Å². The minimum absolute atomic E-state index is 0.109. The number of piperidine rings is 1. The maximum atomic E-state index is 14.3. The Morgan fingerprint density at radius 3 is 2.62 bits per heavy atom. The van der Waals surface area contributed by atoms with Gasteiger partial charge in [-0.15, -0.1) is 0 Å². The first kappa shape index (κ1) is 22.0. The molecule has 29 heavy (non-hydrogen) atoms. The van der Waals surface area contributed by atoms with Crippen molar-refractivity contribution in [1.29, 1.82) is 0 Å². The van der Waals surface area contributed by atoms with Crippen LogP contribution in [0.3, 0.4) is 0 Å². The van der Waals surface area contributed by atoms with E-state index in [1.165, 1.54) is 6.07 Å². The van der Waals surface area contributed by atoms with Crippen molar-refractivity contribution in [2.24, 2.45) is 0 Å². The van der Waals surface area contributed by atoms with Crippen LogP contribution in [-0.2, 0) is 4.74 Å². The van der Waals surface area contributed by atoms with Gasteiger partial charge in [-0.3, -0.25) is 9.67 Å². The van der Waals surface area contributed by atoms with Crippen LogP contribution in [0.5, 0.6) is 0 Å². The molecule has 6 nitrogen and oxygen atoms in total. The molecule has 2 aromatic rings. The topological polar surface area (TPSA) is 60.2 Å². The maximum Gasteiger partial charge on any atom is 0.410 e. The average molecular weight is 514 g/mol. The third-order valence-corrected chi connectivity index (χ3v) is 6.46. The SMILES string of the molecule is Cc1c(I)c(-c2ncccc2F)nn1C1CCN(C(=O)OC(C)(C)C)C(C)(C)C1. The summed E-state index contributed by atoms with van der Waals surface area (Å²) in [6.45, 7) is 12.3. The van der Waals surface area contributed by atoms with Crippen molar-refractivity contribution in [3.8, 4) is 11.4 Å². The van der Waals surface area contributed by atoms with E-state index in [2.05, 4.69) is 27.6 Å². The molecule has 1 fully saturated rings. The second-order valence-corrected chi connectivity index (χ2v) is 10.2. The number of carbonyl (C=O) groups excluding carboxylic acids is 1. The quantitative estimate of drug-likeness (QED) is 0.508. The summed E-state index contributed by atoms with van der Waals surface area (Å²) in [5, 5.41) is 4.73. The van der Waals surface area contributed by atoms with E-state index in [1.54, 1.807) is 17.2 Å². The molecule has 1 atom stereocenters. The van der Waals surface area contributed by atoms with E-state index in [0.717, 1.165) is 22.1 Å². The molecule has 3 rings (SSSR count). The monoisotopic (exact) mass is 514 g/mol. The van der Waals surface area contributed by atoms with Gasteiger partial charge in [0.15, 0.2) is 5.82 Å². The Balaban J connectivity index is 1.86. The van der Waals surface area contributed by atoms with Crippen LogP contribution in [0.15, 0.2) is 18.3 Å². The van der Waals surface area contributed by atoms with Crippen molar-refractivity contribution in [2.75, 3.05) is 6.54 Å². The summed E-state index contributed by atoms with van der Waals surface area (Å²) in [6, 6.07) is 3.08. The Labute approximate surface area is 185 Å². The standard InChI is InChI=1S/C21H28FIN4O2/c1-13-16(23)18(17-15(22)8-7-10-24-17)25-27(13)14-9-11-26(21(5,6)12-14)19(28)29-20(2,3)4/h7-8,10,14H,9,11-12H2,1-6H3. The number of nitrogens with zero attached hydrogens (tertiary/aromatic N) is 4. The van der Waals surface area contributed by atoms with Crippen molar-refractivity contribution in [2.45, 2.75) is 71.6 Å². The van der Waals surface area contributed by atoms with Crippen LogP contribution in [0, 0.1) is 16.3 Å². The van der Waals surface area contributed by atoms with Crippen molar-refractivity contribution in [1.82, 2.24) is 19.7 Å². The Kier molecular flexibility index (Phi) is 5.95. The van der Waals surface area contributed by atoms with Crippen molar-refractivity contribution in [3.05, 3.63) is 33.4 Å². The largest absolute Gasteiger partial charge is 0.444 e. The van der Waals surface area contributed by atoms with Gasteiger partial charge in [-0.25, -0.2) is 9.18 Å². The molecule has 0 radical (unpaired) electrons. The van der Waals surface area contributed by atoms with Crippen LogP contribution in [0.2, 0.25) is 0 Å². The highest BCUT2D eigenvalue weighted by Crippen LogP contribution is 2.38. The molecule has 158 valence electrons. The second kappa shape index (κ2) is 7.85.